The summed E-state index contributed by atoms with van der Waals surface area (Å²) in [5.41, 5.74) is 0. The van der Waals surface area contributed by atoms with Gasteiger partial charge in [0.2, 0.25) is 0 Å². The van der Waals surface area contributed by atoms with Crippen molar-refractivity contribution in [3.8, 4) is 0 Å². The summed E-state index contributed by atoms with van der Waals surface area (Å²) in [6.45, 7) is 11.5. The Morgan fingerprint density at radius 1 is 1.39 bits per heavy atom. The highest BCUT2D eigenvalue weighted by Crippen LogP contribution is 2.20. The standard InChI is InChI=1S/C16H33N3O2S.HI/c1-5-17-15(19-13-16(2,3)22-4)18-9-7-10-20-12-14-8-6-11-21-14;/h14H,5-13H2,1-4H3,(H2,17,18,19);1H. The lowest BCUT2D eigenvalue weighted by atomic mass is 10.2. The van der Waals surface area contributed by atoms with Gasteiger partial charge in [0.1, 0.15) is 0 Å². The molecule has 2 N–H and O–H groups in total. The van der Waals surface area contributed by atoms with Gasteiger partial charge in [-0.05, 0) is 46.3 Å². The van der Waals surface area contributed by atoms with Crippen LogP contribution >= 0.6 is 35.7 Å². The predicted octanol–water partition coefficient (Wildman–Crippen LogP) is 2.89. The van der Waals surface area contributed by atoms with Gasteiger partial charge in [-0.25, -0.2) is 0 Å². The van der Waals surface area contributed by atoms with E-state index in [1.807, 2.05) is 11.8 Å². The van der Waals surface area contributed by atoms with Crippen molar-refractivity contribution in [1.82, 2.24) is 10.6 Å². The molecular weight excluding hydrogens is 425 g/mol. The van der Waals surface area contributed by atoms with Crippen molar-refractivity contribution in [2.24, 2.45) is 4.99 Å². The molecule has 0 radical (unpaired) electrons. The van der Waals surface area contributed by atoms with Crippen molar-refractivity contribution in [2.75, 3.05) is 45.7 Å². The summed E-state index contributed by atoms with van der Waals surface area (Å²) in [5.74, 6) is 0.892. The molecule has 23 heavy (non-hydrogen) atoms. The number of halogens is 1. The molecule has 1 rings (SSSR count). The molecule has 0 amide bonds. The third-order valence-corrected chi connectivity index (χ3v) is 4.83. The lowest BCUT2D eigenvalue weighted by Crippen LogP contribution is -2.39. The molecule has 0 bridgehead atoms. The van der Waals surface area contributed by atoms with E-state index in [0.717, 1.165) is 58.3 Å². The van der Waals surface area contributed by atoms with Crippen LogP contribution in [0.5, 0.6) is 0 Å². The minimum Gasteiger partial charge on any atom is -0.379 e. The molecule has 0 aromatic heterocycles. The number of ether oxygens (including phenoxy) is 2. The average Bonchev–Trinajstić information content (AvgIpc) is 3.01. The molecule has 1 aliphatic rings. The first-order valence-corrected chi connectivity index (χ1v) is 9.56. The van der Waals surface area contributed by atoms with Crippen LogP contribution in [0.25, 0.3) is 0 Å². The molecule has 0 aliphatic carbocycles. The lowest BCUT2D eigenvalue weighted by molar-refractivity contribution is 0.0168. The molecule has 1 fully saturated rings. The Hall–Kier alpha value is 0.270. The van der Waals surface area contributed by atoms with E-state index in [1.165, 1.54) is 6.42 Å². The molecule has 1 heterocycles. The van der Waals surface area contributed by atoms with Gasteiger partial charge in [-0.1, -0.05) is 0 Å². The van der Waals surface area contributed by atoms with Crippen LogP contribution in [0.2, 0.25) is 0 Å². The molecule has 0 aromatic carbocycles. The Bertz CT molecular complexity index is 324. The highest BCUT2D eigenvalue weighted by molar-refractivity contribution is 14.0. The molecule has 1 atom stereocenters. The van der Waals surface area contributed by atoms with Crippen LogP contribution in [-0.4, -0.2) is 62.5 Å². The van der Waals surface area contributed by atoms with Gasteiger partial charge in [0.05, 0.1) is 19.3 Å². The molecule has 138 valence electrons. The SMILES string of the molecule is CCNC(=NCC(C)(C)SC)NCCCOCC1CCCO1.I. The van der Waals surface area contributed by atoms with Crippen LogP contribution in [0.3, 0.4) is 0 Å². The minimum absolute atomic E-state index is 0. The normalized spacial score (nSPS) is 18.6. The predicted molar refractivity (Wildman–Crippen MR) is 111 cm³/mol. The third-order valence-electron chi connectivity index (χ3n) is 3.60. The Balaban J connectivity index is 0.00000484. The lowest BCUT2D eigenvalue weighted by Gasteiger charge is -2.20. The van der Waals surface area contributed by atoms with Crippen LogP contribution in [0.4, 0.5) is 0 Å². The van der Waals surface area contributed by atoms with Crippen molar-refractivity contribution in [2.45, 2.75) is 50.9 Å². The van der Waals surface area contributed by atoms with Crippen LogP contribution in [0.1, 0.15) is 40.0 Å². The van der Waals surface area contributed by atoms with E-state index in [0.29, 0.717) is 6.10 Å². The van der Waals surface area contributed by atoms with Crippen molar-refractivity contribution in [3.05, 3.63) is 0 Å². The molecule has 1 saturated heterocycles. The summed E-state index contributed by atoms with van der Waals surface area (Å²) >= 11 is 1.84. The van der Waals surface area contributed by atoms with Gasteiger partial charge in [0, 0.05) is 31.1 Å². The van der Waals surface area contributed by atoms with Crippen molar-refractivity contribution < 1.29 is 9.47 Å². The molecule has 5 nitrogen and oxygen atoms in total. The molecule has 1 aliphatic heterocycles. The summed E-state index contributed by atoms with van der Waals surface area (Å²) in [7, 11) is 0. The zero-order valence-corrected chi connectivity index (χ0v) is 18.2. The van der Waals surface area contributed by atoms with E-state index in [-0.39, 0.29) is 28.7 Å². The molecule has 7 heteroatoms. The van der Waals surface area contributed by atoms with Crippen molar-refractivity contribution in [3.63, 3.8) is 0 Å². The Morgan fingerprint density at radius 2 is 2.17 bits per heavy atom. The van der Waals surface area contributed by atoms with E-state index in [4.69, 9.17) is 9.47 Å². The zero-order chi connectivity index (χ0) is 16.3. The first-order valence-electron chi connectivity index (χ1n) is 8.34. The maximum atomic E-state index is 5.66. The highest BCUT2D eigenvalue weighted by atomic mass is 127. The fourth-order valence-electron chi connectivity index (χ4n) is 2.05. The van der Waals surface area contributed by atoms with E-state index >= 15 is 0 Å². The number of hydrogen-bond acceptors (Lipinski definition) is 4. The number of guanidine groups is 1. The summed E-state index contributed by atoms with van der Waals surface area (Å²) < 4.78 is 11.4. The fourth-order valence-corrected chi connectivity index (χ4v) is 2.24. The molecule has 0 aromatic rings. The van der Waals surface area contributed by atoms with Crippen molar-refractivity contribution in [1.29, 1.82) is 0 Å². The number of thioether (sulfide) groups is 1. The van der Waals surface area contributed by atoms with E-state index in [2.05, 4.69) is 42.7 Å². The monoisotopic (exact) mass is 459 g/mol. The molecule has 0 saturated carbocycles. The first kappa shape index (κ1) is 23.3. The van der Waals surface area contributed by atoms with E-state index < -0.39 is 0 Å². The maximum absolute atomic E-state index is 5.66. The summed E-state index contributed by atoms with van der Waals surface area (Å²) in [6.07, 6.45) is 5.73. The number of aliphatic imine (C=N–C) groups is 1. The largest absolute Gasteiger partial charge is 0.379 e. The summed E-state index contributed by atoms with van der Waals surface area (Å²) in [6, 6.07) is 0. The van der Waals surface area contributed by atoms with Crippen LogP contribution in [0, 0.1) is 0 Å². The molecule has 1 unspecified atom stereocenters. The Kier molecular flexibility index (Phi) is 13.7. The Morgan fingerprint density at radius 3 is 2.78 bits per heavy atom. The molecular formula is C16H34IN3O2S. The van der Waals surface area contributed by atoms with Crippen LogP contribution in [-0.2, 0) is 9.47 Å². The van der Waals surface area contributed by atoms with Crippen LogP contribution < -0.4 is 10.6 Å². The summed E-state index contributed by atoms with van der Waals surface area (Å²) in [4.78, 5) is 4.65. The fraction of sp³-hybridized carbons (Fsp3) is 0.938. The zero-order valence-electron chi connectivity index (χ0n) is 15.0. The minimum atomic E-state index is 0. The van der Waals surface area contributed by atoms with Gasteiger partial charge >= 0.3 is 0 Å². The Labute approximate surface area is 163 Å². The molecule has 0 spiro atoms. The average molecular weight is 459 g/mol. The van der Waals surface area contributed by atoms with Crippen LogP contribution in [0.15, 0.2) is 4.99 Å². The number of nitrogens with zero attached hydrogens (tertiary/aromatic N) is 1. The number of nitrogens with one attached hydrogen (secondary N) is 2. The number of rotatable bonds is 10. The third kappa shape index (κ3) is 11.4. The quantitative estimate of drug-likeness (QED) is 0.228. The van der Waals surface area contributed by atoms with Gasteiger partial charge in [-0.3, -0.25) is 4.99 Å². The highest BCUT2D eigenvalue weighted by Gasteiger charge is 2.16. The summed E-state index contributed by atoms with van der Waals surface area (Å²) in [5, 5.41) is 6.65. The second kappa shape index (κ2) is 13.5. The van der Waals surface area contributed by atoms with Gasteiger partial charge in [-0.2, -0.15) is 11.8 Å². The van der Waals surface area contributed by atoms with Gasteiger partial charge in [0.25, 0.3) is 0 Å². The second-order valence-electron chi connectivity index (χ2n) is 6.15. The topological polar surface area (TPSA) is 54.9 Å². The van der Waals surface area contributed by atoms with Crippen molar-refractivity contribution >= 4 is 41.7 Å². The van der Waals surface area contributed by atoms with Gasteiger partial charge < -0.3 is 20.1 Å². The number of hydrogen-bond donors (Lipinski definition) is 2. The smallest absolute Gasteiger partial charge is 0.191 e. The van der Waals surface area contributed by atoms with Gasteiger partial charge in [0.15, 0.2) is 5.96 Å². The van der Waals surface area contributed by atoms with Gasteiger partial charge in [-0.15, -0.1) is 24.0 Å². The maximum Gasteiger partial charge on any atom is 0.191 e. The van der Waals surface area contributed by atoms with E-state index in [1.54, 1.807) is 0 Å². The second-order valence-corrected chi connectivity index (χ2v) is 7.66. The van der Waals surface area contributed by atoms with E-state index in [9.17, 15) is 0 Å². The first-order chi connectivity index (χ1) is 10.6.